The Kier molecular flexibility index (Phi) is 4.75. The maximum Gasteiger partial charge on any atom is 0.244 e. The lowest BCUT2D eigenvalue weighted by atomic mass is 10.1. The first-order valence-corrected chi connectivity index (χ1v) is 9.13. The summed E-state index contributed by atoms with van der Waals surface area (Å²) in [5.41, 5.74) is 2.78. The number of carbonyl (C=O) groups excluding carboxylic acids is 2. The molecule has 0 spiro atoms. The van der Waals surface area contributed by atoms with Crippen LogP contribution in [0, 0.1) is 6.92 Å². The van der Waals surface area contributed by atoms with Crippen molar-refractivity contribution in [1.29, 1.82) is 0 Å². The van der Waals surface area contributed by atoms with Crippen LogP contribution in [-0.2, 0) is 11.3 Å². The first-order chi connectivity index (χ1) is 13.5. The van der Waals surface area contributed by atoms with E-state index in [4.69, 9.17) is 16.0 Å². The summed E-state index contributed by atoms with van der Waals surface area (Å²) in [7, 11) is 0. The molecule has 2 aromatic carbocycles. The molecule has 0 aliphatic heterocycles. The number of hydrogen-bond donors (Lipinski definition) is 1. The number of rotatable bonds is 5. The van der Waals surface area contributed by atoms with Gasteiger partial charge in [-0.15, -0.1) is 0 Å². The average Bonchev–Trinajstić information content (AvgIpc) is 3.34. The second-order valence-electron chi connectivity index (χ2n) is 6.45. The Balaban J connectivity index is 1.65. The molecule has 0 unspecified atom stereocenters. The minimum absolute atomic E-state index is 0.0674. The number of aromatic nitrogens is 1. The van der Waals surface area contributed by atoms with Gasteiger partial charge in [0, 0.05) is 27.8 Å². The number of carbonyl (C=O) groups is 2. The maximum absolute atomic E-state index is 12.8. The molecule has 6 heteroatoms. The van der Waals surface area contributed by atoms with Crippen molar-refractivity contribution in [3.8, 4) is 0 Å². The zero-order valence-corrected chi connectivity index (χ0v) is 15.9. The van der Waals surface area contributed by atoms with E-state index in [1.54, 1.807) is 41.1 Å². The molecule has 1 N–H and O–H groups in total. The number of ketones is 1. The van der Waals surface area contributed by atoms with Crippen LogP contribution < -0.4 is 5.32 Å². The lowest BCUT2D eigenvalue weighted by Gasteiger charge is -2.10. The number of fused-ring (bicyclic) bond motifs is 1. The van der Waals surface area contributed by atoms with Gasteiger partial charge in [0.05, 0.1) is 11.8 Å². The molecule has 0 saturated carbocycles. The van der Waals surface area contributed by atoms with Gasteiger partial charge >= 0.3 is 0 Å². The summed E-state index contributed by atoms with van der Waals surface area (Å²) in [5, 5.41) is 4.25. The third-order valence-corrected chi connectivity index (χ3v) is 5.04. The zero-order valence-electron chi connectivity index (χ0n) is 15.1. The minimum Gasteiger partial charge on any atom is -0.461 e. The van der Waals surface area contributed by atoms with Gasteiger partial charge in [0.2, 0.25) is 11.7 Å². The summed E-state index contributed by atoms with van der Waals surface area (Å²) in [6.45, 7) is 1.92. The molecule has 2 heterocycles. The predicted molar refractivity (Wildman–Crippen MR) is 109 cm³/mol. The monoisotopic (exact) mass is 392 g/mol. The van der Waals surface area contributed by atoms with Crippen LogP contribution in [0.1, 0.15) is 21.7 Å². The van der Waals surface area contributed by atoms with Crippen LogP contribution in [0.3, 0.4) is 0 Å². The van der Waals surface area contributed by atoms with Gasteiger partial charge in [-0.05, 0) is 42.8 Å². The second kappa shape index (κ2) is 7.37. The minimum atomic E-state index is -0.217. The summed E-state index contributed by atoms with van der Waals surface area (Å²) < 4.78 is 7.01. The number of nitrogens with one attached hydrogen (secondary N) is 1. The van der Waals surface area contributed by atoms with Crippen LogP contribution in [-0.4, -0.2) is 16.3 Å². The Hall–Kier alpha value is -3.31. The number of anilines is 1. The summed E-state index contributed by atoms with van der Waals surface area (Å²) >= 11 is 6.12. The van der Waals surface area contributed by atoms with Gasteiger partial charge in [-0.25, -0.2) is 0 Å². The Bertz CT molecular complexity index is 1180. The molecule has 0 aliphatic rings. The molecule has 0 aliphatic carbocycles. The number of nitrogens with zero attached hydrogens (tertiary/aromatic N) is 1. The number of furan rings is 1. The molecule has 140 valence electrons. The molecule has 1 amide bonds. The van der Waals surface area contributed by atoms with Crippen molar-refractivity contribution in [2.75, 3.05) is 5.32 Å². The summed E-state index contributed by atoms with van der Waals surface area (Å²) in [4.78, 5) is 25.4. The van der Waals surface area contributed by atoms with Crippen molar-refractivity contribution in [3.63, 3.8) is 0 Å². The molecule has 5 nitrogen and oxygen atoms in total. The SMILES string of the molecule is Cc1c(Cl)cccc1NC(=O)Cn1cc(C(=O)c2ccco2)c2ccccc21. The number of para-hydroxylation sites is 1. The molecular weight excluding hydrogens is 376 g/mol. The Morgan fingerprint density at radius 2 is 1.89 bits per heavy atom. The number of hydrogen-bond acceptors (Lipinski definition) is 3. The van der Waals surface area contributed by atoms with Crippen molar-refractivity contribution >= 4 is 39.9 Å². The molecule has 4 rings (SSSR count). The van der Waals surface area contributed by atoms with Crippen molar-refractivity contribution in [2.45, 2.75) is 13.5 Å². The van der Waals surface area contributed by atoms with Crippen molar-refractivity contribution in [3.05, 3.63) is 89.0 Å². The van der Waals surface area contributed by atoms with Gasteiger partial charge in [-0.3, -0.25) is 9.59 Å². The van der Waals surface area contributed by atoms with Crippen molar-refractivity contribution in [1.82, 2.24) is 4.57 Å². The zero-order chi connectivity index (χ0) is 19.7. The summed E-state index contributed by atoms with van der Waals surface area (Å²) in [5.74, 6) is -0.156. The highest BCUT2D eigenvalue weighted by Crippen LogP contribution is 2.25. The van der Waals surface area contributed by atoms with Crippen LogP contribution in [0.5, 0.6) is 0 Å². The first kappa shape index (κ1) is 18.1. The molecule has 2 aromatic heterocycles. The molecule has 4 aromatic rings. The number of amides is 1. The topological polar surface area (TPSA) is 64.2 Å². The first-order valence-electron chi connectivity index (χ1n) is 8.75. The van der Waals surface area contributed by atoms with E-state index in [1.807, 2.05) is 31.2 Å². The van der Waals surface area contributed by atoms with E-state index in [1.165, 1.54) is 6.26 Å². The van der Waals surface area contributed by atoms with E-state index in [-0.39, 0.29) is 24.0 Å². The van der Waals surface area contributed by atoms with Gasteiger partial charge in [-0.1, -0.05) is 35.9 Å². The van der Waals surface area contributed by atoms with Crippen LogP contribution in [0.2, 0.25) is 5.02 Å². The maximum atomic E-state index is 12.8. The van der Waals surface area contributed by atoms with Crippen LogP contribution in [0.25, 0.3) is 10.9 Å². The molecule has 0 atom stereocenters. The Morgan fingerprint density at radius 3 is 2.68 bits per heavy atom. The van der Waals surface area contributed by atoms with Gasteiger partial charge in [0.25, 0.3) is 0 Å². The predicted octanol–water partition coefficient (Wildman–Crippen LogP) is 5.07. The normalized spacial score (nSPS) is 10.9. The van der Waals surface area contributed by atoms with Gasteiger partial charge in [0.1, 0.15) is 6.54 Å². The number of halogens is 1. The second-order valence-corrected chi connectivity index (χ2v) is 6.86. The molecule has 0 bridgehead atoms. The molecule has 0 radical (unpaired) electrons. The highest BCUT2D eigenvalue weighted by atomic mass is 35.5. The third kappa shape index (κ3) is 3.32. The summed E-state index contributed by atoms with van der Waals surface area (Å²) in [6, 6.07) is 16.1. The van der Waals surface area contributed by atoms with Crippen LogP contribution >= 0.6 is 11.6 Å². The largest absolute Gasteiger partial charge is 0.461 e. The van der Waals surface area contributed by atoms with E-state index < -0.39 is 0 Å². The highest BCUT2D eigenvalue weighted by Gasteiger charge is 2.19. The van der Waals surface area contributed by atoms with E-state index in [2.05, 4.69) is 5.32 Å². The fraction of sp³-hybridized carbons (Fsp3) is 0.0909. The Morgan fingerprint density at radius 1 is 1.07 bits per heavy atom. The van der Waals surface area contributed by atoms with E-state index in [0.29, 0.717) is 16.3 Å². The van der Waals surface area contributed by atoms with Gasteiger partial charge < -0.3 is 14.3 Å². The summed E-state index contributed by atoms with van der Waals surface area (Å²) in [6.07, 6.45) is 3.16. The van der Waals surface area contributed by atoms with Crippen molar-refractivity contribution < 1.29 is 14.0 Å². The van der Waals surface area contributed by atoms with E-state index in [9.17, 15) is 9.59 Å². The van der Waals surface area contributed by atoms with Crippen molar-refractivity contribution in [2.24, 2.45) is 0 Å². The smallest absolute Gasteiger partial charge is 0.244 e. The molecule has 0 saturated heterocycles. The van der Waals surface area contributed by atoms with E-state index in [0.717, 1.165) is 16.5 Å². The van der Waals surface area contributed by atoms with E-state index >= 15 is 0 Å². The average molecular weight is 393 g/mol. The van der Waals surface area contributed by atoms with Crippen LogP contribution in [0.15, 0.2) is 71.5 Å². The molecular formula is C22H17ClN2O3. The standard InChI is InChI=1S/C22H17ClN2O3/c1-14-17(23)7-4-8-18(14)24-21(26)13-25-12-16(15-6-2-3-9-19(15)25)22(27)20-10-5-11-28-20/h2-12H,13H2,1H3,(H,24,26). The van der Waals surface area contributed by atoms with Gasteiger partial charge in [-0.2, -0.15) is 0 Å². The Labute approximate surface area is 166 Å². The fourth-order valence-electron chi connectivity index (χ4n) is 3.19. The lowest BCUT2D eigenvalue weighted by molar-refractivity contribution is -0.116. The molecule has 28 heavy (non-hydrogen) atoms. The van der Waals surface area contributed by atoms with Gasteiger partial charge in [0.15, 0.2) is 5.76 Å². The number of benzene rings is 2. The molecule has 0 fully saturated rings. The van der Waals surface area contributed by atoms with Crippen LogP contribution in [0.4, 0.5) is 5.69 Å². The quantitative estimate of drug-likeness (QED) is 0.482. The lowest BCUT2D eigenvalue weighted by Crippen LogP contribution is -2.18. The third-order valence-electron chi connectivity index (χ3n) is 4.63. The highest BCUT2D eigenvalue weighted by molar-refractivity contribution is 6.31. The fourth-order valence-corrected chi connectivity index (χ4v) is 3.36.